The van der Waals surface area contributed by atoms with Gasteiger partial charge in [0.2, 0.25) is 11.8 Å². The Morgan fingerprint density at radius 1 is 1.52 bits per heavy atom. The zero-order valence-corrected chi connectivity index (χ0v) is 12.8. The number of hydrogen-bond donors (Lipinski definition) is 2. The fraction of sp³-hybridized carbons (Fsp3) is 0.462. The van der Waals surface area contributed by atoms with E-state index in [4.69, 9.17) is 11.6 Å². The molecule has 3 heterocycles. The monoisotopic (exact) mass is 327 g/mol. The zero-order valence-electron chi connectivity index (χ0n) is 11.3. The predicted octanol–water partition coefficient (Wildman–Crippen LogP) is 0.619. The molecule has 0 unspecified atom stereocenters. The fourth-order valence-electron chi connectivity index (χ4n) is 2.76. The average Bonchev–Trinajstić information content (AvgIpc) is 3.03. The van der Waals surface area contributed by atoms with Crippen molar-refractivity contribution in [2.24, 2.45) is 0 Å². The van der Waals surface area contributed by atoms with Gasteiger partial charge in [0.1, 0.15) is 17.0 Å². The third-order valence-corrected chi connectivity index (χ3v) is 5.11. The molecule has 0 aliphatic carbocycles. The average molecular weight is 328 g/mol. The highest BCUT2D eigenvalue weighted by Gasteiger charge is 2.45. The summed E-state index contributed by atoms with van der Waals surface area (Å²) in [6.07, 6.45) is 0.430. The zero-order chi connectivity index (χ0) is 15.1. The van der Waals surface area contributed by atoms with E-state index in [-0.39, 0.29) is 23.8 Å². The largest absolute Gasteiger partial charge is 0.347 e. The molecule has 2 fully saturated rings. The molecule has 0 aromatic carbocycles. The Morgan fingerprint density at radius 2 is 2.29 bits per heavy atom. The first-order valence-electron chi connectivity index (χ1n) is 6.62. The van der Waals surface area contributed by atoms with E-state index in [0.29, 0.717) is 22.9 Å². The smallest absolute Gasteiger partial charge is 0.263 e. The van der Waals surface area contributed by atoms with Gasteiger partial charge >= 0.3 is 0 Å². The number of fused-ring (bicyclic) bond motifs is 1. The molecule has 0 saturated carbocycles. The first-order chi connectivity index (χ1) is 9.97. The molecule has 2 aliphatic rings. The van der Waals surface area contributed by atoms with Gasteiger partial charge in [-0.15, -0.1) is 11.3 Å². The van der Waals surface area contributed by atoms with E-state index in [2.05, 4.69) is 10.6 Å². The van der Waals surface area contributed by atoms with Gasteiger partial charge in [-0.3, -0.25) is 14.4 Å². The molecule has 3 amide bonds. The molecule has 0 spiro atoms. The number of piperazine rings is 1. The van der Waals surface area contributed by atoms with Gasteiger partial charge in [-0.1, -0.05) is 11.6 Å². The summed E-state index contributed by atoms with van der Waals surface area (Å²) in [6, 6.07) is 0.436. The van der Waals surface area contributed by atoms with Crippen LogP contribution in [0.5, 0.6) is 0 Å². The molecular weight excluding hydrogens is 314 g/mol. The highest BCUT2D eigenvalue weighted by molar-refractivity contribution is 7.12. The van der Waals surface area contributed by atoms with Crippen molar-refractivity contribution in [3.8, 4) is 0 Å². The van der Waals surface area contributed by atoms with Crippen LogP contribution in [0.1, 0.15) is 23.0 Å². The molecule has 3 atom stereocenters. The third-order valence-electron chi connectivity index (χ3n) is 3.77. The Bertz CT molecular complexity index is 618. The quantitative estimate of drug-likeness (QED) is 0.836. The van der Waals surface area contributed by atoms with Crippen LogP contribution in [0.4, 0.5) is 0 Å². The number of carbonyl (C=O) groups excluding carboxylic acids is 3. The van der Waals surface area contributed by atoms with Gasteiger partial charge in [-0.05, 0) is 24.8 Å². The Labute approximate surface area is 130 Å². The van der Waals surface area contributed by atoms with E-state index < -0.39 is 12.1 Å². The Morgan fingerprint density at radius 3 is 2.95 bits per heavy atom. The summed E-state index contributed by atoms with van der Waals surface area (Å²) in [5, 5.41) is 7.65. The second-order valence-electron chi connectivity index (χ2n) is 5.24. The van der Waals surface area contributed by atoms with Gasteiger partial charge in [-0.25, -0.2) is 0 Å². The molecule has 6 nitrogen and oxygen atoms in total. The topological polar surface area (TPSA) is 78.5 Å². The summed E-state index contributed by atoms with van der Waals surface area (Å²) in [6.45, 7) is 2.02. The molecular formula is C13H14ClN3O3S. The fourth-order valence-corrected chi connectivity index (χ4v) is 3.80. The molecule has 3 rings (SSSR count). The van der Waals surface area contributed by atoms with Gasteiger partial charge < -0.3 is 15.5 Å². The first kappa shape index (κ1) is 14.3. The number of nitrogens with one attached hydrogen (secondary N) is 2. The molecule has 1 aromatic rings. The molecule has 1 aromatic heterocycles. The van der Waals surface area contributed by atoms with Crippen LogP contribution in [0.15, 0.2) is 11.4 Å². The number of carbonyl (C=O) groups is 3. The lowest BCUT2D eigenvalue weighted by Gasteiger charge is -2.32. The Hall–Kier alpha value is -1.60. The molecule has 8 heteroatoms. The van der Waals surface area contributed by atoms with Gasteiger partial charge in [-0.2, -0.15) is 0 Å². The maximum Gasteiger partial charge on any atom is 0.263 e. The van der Waals surface area contributed by atoms with Crippen molar-refractivity contribution >= 4 is 40.7 Å². The van der Waals surface area contributed by atoms with E-state index in [0.717, 1.165) is 0 Å². The minimum absolute atomic E-state index is 0.106. The van der Waals surface area contributed by atoms with Crippen LogP contribution in [0.3, 0.4) is 0 Å². The molecule has 21 heavy (non-hydrogen) atoms. The van der Waals surface area contributed by atoms with Crippen LogP contribution in [0.25, 0.3) is 0 Å². The number of halogens is 1. The summed E-state index contributed by atoms with van der Waals surface area (Å²) in [7, 11) is 0. The summed E-state index contributed by atoms with van der Waals surface area (Å²) in [5.74, 6) is -0.528. The number of amides is 3. The number of nitrogens with zero attached hydrogens (tertiary/aromatic N) is 1. The molecule has 0 bridgehead atoms. The van der Waals surface area contributed by atoms with E-state index in [1.807, 2.05) is 0 Å². The van der Waals surface area contributed by atoms with Gasteiger partial charge in [0.15, 0.2) is 0 Å². The van der Waals surface area contributed by atoms with Gasteiger partial charge in [0.25, 0.3) is 5.91 Å². The van der Waals surface area contributed by atoms with Crippen LogP contribution in [0, 0.1) is 0 Å². The summed E-state index contributed by atoms with van der Waals surface area (Å²) in [5.41, 5.74) is 0. The molecule has 2 saturated heterocycles. The van der Waals surface area contributed by atoms with Crippen molar-refractivity contribution in [3.05, 3.63) is 21.3 Å². The second kappa shape index (κ2) is 5.31. The lowest BCUT2D eigenvalue weighted by Crippen LogP contribution is -2.60. The van der Waals surface area contributed by atoms with Crippen molar-refractivity contribution in [2.45, 2.75) is 31.5 Å². The second-order valence-corrected chi connectivity index (χ2v) is 6.56. The molecule has 2 N–H and O–H groups in total. The minimum atomic E-state index is -0.505. The third kappa shape index (κ3) is 2.51. The molecule has 0 radical (unpaired) electrons. The van der Waals surface area contributed by atoms with E-state index in [1.165, 1.54) is 11.3 Å². The van der Waals surface area contributed by atoms with Crippen molar-refractivity contribution in [1.29, 1.82) is 0 Å². The van der Waals surface area contributed by atoms with Crippen molar-refractivity contribution in [3.63, 3.8) is 0 Å². The molecule has 112 valence electrons. The number of rotatable bonds is 2. The number of thiophene rings is 1. The first-order valence-corrected chi connectivity index (χ1v) is 7.88. The van der Waals surface area contributed by atoms with Crippen molar-refractivity contribution in [2.75, 3.05) is 6.54 Å². The lowest BCUT2D eigenvalue weighted by molar-refractivity contribution is -0.146. The van der Waals surface area contributed by atoms with E-state index >= 15 is 0 Å². The summed E-state index contributed by atoms with van der Waals surface area (Å²) < 4.78 is 0. The number of hydrogen-bond acceptors (Lipinski definition) is 4. The van der Waals surface area contributed by atoms with Crippen LogP contribution >= 0.6 is 22.9 Å². The summed E-state index contributed by atoms with van der Waals surface area (Å²) >= 11 is 7.19. The van der Waals surface area contributed by atoms with Gasteiger partial charge in [0.05, 0.1) is 5.02 Å². The van der Waals surface area contributed by atoms with Crippen molar-refractivity contribution in [1.82, 2.24) is 15.5 Å². The predicted molar refractivity (Wildman–Crippen MR) is 78.3 cm³/mol. The minimum Gasteiger partial charge on any atom is -0.347 e. The van der Waals surface area contributed by atoms with Crippen LogP contribution in [0.2, 0.25) is 5.02 Å². The van der Waals surface area contributed by atoms with Crippen LogP contribution < -0.4 is 10.6 Å². The Balaban J connectivity index is 1.70. The standard InChI is InChI=1S/C13H14ClN3O3S/c1-6-13(20)17-5-7(4-9(17)11(18)15-6)16-12(19)10-8(14)2-3-21-10/h2-3,6-7,9H,4-5H2,1H3,(H,15,18)(H,16,19)/t6-,7+,9+/m1/s1. The van der Waals surface area contributed by atoms with Gasteiger partial charge in [0, 0.05) is 12.6 Å². The van der Waals surface area contributed by atoms with Crippen LogP contribution in [-0.4, -0.2) is 47.3 Å². The normalized spacial score (nSPS) is 28.3. The van der Waals surface area contributed by atoms with Crippen molar-refractivity contribution < 1.29 is 14.4 Å². The highest BCUT2D eigenvalue weighted by atomic mass is 35.5. The maximum atomic E-state index is 12.1. The Kier molecular flexibility index (Phi) is 3.62. The van der Waals surface area contributed by atoms with E-state index in [1.54, 1.807) is 23.3 Å². The SMILES string of the molecule is C[C@H]1NC(=O)[C@@H]2C[C@H](NC(=O)c3sccc3Cl)CN2C1=O. The molecule has 2 aliphatic heterocycles. The lowest BCUT2D eigenvalue weighted by atomic mass is 10.1. The highest BCUT2D eigenvalue weighted by Crippen LogP contribution is 2.25. The maximum absolute atomic E-state index is 12.1. The summed E-state index contributed by atoms with van der Waals surface area (Å²) in [4.78, 5) is 38.1. The van der Waals surface area contributed by atoms with E-state index in [9.17, 15) is 14.4 Å². The van der Waals surface area contributed by atoms with Crippen LogP contribution in [-0.2, 0) is 9.59 Å².